The van der Waals surface area contributed by atoms with Gasteiger partial charge in [0.05, 0.1) is 17.3 Å². The van der Waals surface area contributed by atoms with Crippen molar-refractivity contribution in [3.63, 3.8) is 0 Å². The number of hydrogen-bond donors (Lipinski definition) is 4. The van der Waals surface area contributed by atoms with Gasteiger partial charge in [-0.1, -0.05) is 0 Å². The predicted molar refractivity (Wildman–Crippen MR) is 62.7 cm³/mol. The molecular formula is C10H8N6O2. The van der Waals surface area contributed by atoms with E-state index in [1.807, 2.05) is 0 Å². The Kier molecular flexibility index (Phi) is 2.19. The Morgan fingerprint density at radius 2 is 2.28 bits per heavy atom. The summed E-state index contributed by atoms with van der Waals surface area (Å²) in [5, 5.41) is 18.7. The van der Waals surface area contributed by atoms with E-state index in [9.17, 15) is 4.79 Å². The zero-order chi connectivity index (χ0) is 12.5. The van der Waals surface area contributed by atoms with Gasteiger partial charge in [-0.25, -0.2) is 14.8 Å². The van der Waals surface area contributed by atoms with E-state index >= 15 is 0 Å². The van der Waals surface area contributed by atoms with Gasteiger partial charge >= 0.3 is 5.97 Å². The monoisotopic (exact) mass is 244 g/mol. The predicted octanol–water partition coefficient (Wildman–Crippen LogP) is 1.12. The number of carboxylic acid groups (broad SMARTS) is 1. The van der Waals surface area contributed by atoms with Gasteiger partial charge in [-0.3, -0.25) is 5.10 Å². The summed E-state index contributed by atoms with van der Waals surface area (Å²) < 4.78 is 0. The van der Waals surface area contributed by atoms with Gasteiger partial charge in [0.15, 0.2) is 5.69 Å². The van der Waals surface area contributed by atoms with E-state index in [2.05, 4.69) is 30.5 Å². The van der Waals surface area contributed by atoms with Gasteiger partial charge in [0.2, 0.25) is 0 Å². The van der Waals surface area contributed by atoms with Gasteiger partial charge in [-0.05, 0) is 6.07 Å². The third-order valence-corrected chi connectivity index (χ3v) is 2.46. The molecule has 90 valence electrons. The first-order chi connectivity index (χ1) is 8.75. The Labute approximate surface area is 100 Å². The van der Waals surface area contributed by atoms with Gasteiger partial charge in [0, 0.05) is 6.20 Å². The van der Waals surface area contributed by atoms with Gasteiger partial charge < -0.3 is 15.4 Å². The minimum absolute atomic E-state index is 0.0164. The smallest absolute Gasteiger partial charge is 0.356 e. The first kappa shape index (κ1) is 10.3. The van der Waals surface area contributed by atoms with Crippen molar-refractivity contribution in [2.45, 2.75) is 0 Å². The highest BCUT2D eigenvalue weighted by Crippen LogP contribution is 2.23. The van der Waals surface area contributed by atoms with E-state index in [0.29, 0.717) is 17.2 Å². The van der Waals surface area contributed by atoms with Crippen LogP contribution in [0.25, 0.3) is 11.0 Å². The fraction of sp³-hybridized carbons (Fsp3) is 0. The molecule has 0 atom stereocenters. The van der Waals surface area contributed by atoms with E-state index in [1.54, 1.807) is 12.3 Å². The average molecular weight is 244 g/mol. The second-order valence-corrected chi connectivity index (χ2v) is 3.55. The van der Waals surface area contributed by atoms with Crippen molar-refractivity contribution in [3.8, 4) is 0 Å². The summed E-state index contributed by atoms with van der Waals surface area (Å²) in [5.41, 5.74) is 1.01. The molecule has 0 spiro atoms. The molecule has 3 heterocycles. The first-order valence-corrected chi connectivity index (χ1v) is 5.07. The topological polar surface area (TPSA) is 120 Å². The standard InChI is InChI=1S/C10H8N6O2/c17-10(18)7-6(3-14-16-7)15-9-5-1-2-11-8(5)12-4-13-9/h1-4H,(H,14,16)(H,17,18)(H2,11,12,13,15). The van der Waals surface area contributed by atoms with Crippen LogP contribution in [-0.4, -0.2) is 36.2 Å². The van der Waals surface area contributed by atoms with Crippen molar-refractivity contribution in [1.82, 2.24) is 25.1 Å². The molecule has 0 aromatic carbocycles. The minimum Gasteiger partial charge on any atom is -0.476 e. The van der Waals surface area contributed by atoms with Gasteiger partial charge in [-0.2, -0.15) is 5.10 Å². The number of carbonyl (C=O) groups is 1. The molecule has 18 heavy (non-hydrogen) atoms. The fourth-order valence-corrected chi connectivity index (χ4v) is 1.64. The number of hydrogen-bond acceptors (Lipinski definition) is 5. The fourth-order valence-electron chi connectivity index (χ4n) is 1.64. The summed E-state index contributed by atoms with van der Waals surface area (Å²) in [7, 11) is 0. The first-order valence-electron chi connectivity index (χ1n) is 5.07. The van der Waals surface area contributed by atoms with Crippen molar-refractivity contribution in [2.24, 2.45) is 0 Å². The second-order valence-electron chi connectivity index (χ2n) is 3.55. The van der Waals surface area contributed by atoms with Crippen LogP contribution in [0.15, 0.2) is 24.8 Å². The maximum Gasteiger partial charge on any atom is 0.356 e. The lowest BCUT2D eigenvalue weighted by Crippen LogP contribution is -2.02. The molecule has 8 nitrogen and oxygen atoms in total. The largest absolute Gasteiger partial charge is 0.476 e. The summed E-state index contributed by atoms with van der Waals surface area (Å²) in [4.78, 5) is 22.0. The number of nitrogens with zero attached hydrogens (tertiary/aromatic N) is 3. The van der Waals surface area contributed by atoms with Crippen LogP contribution in [0.1, 0.15) is 10.5 Å². The van der Waals surface area contributed by atoms with Crippen molar-refractivity contribution in [2.75, 3.05) is 5.32 Å². The highest BCUT2D eigenvalue weighted by Gasteiger charge is 2.14. The zero-order valence-electron chi connectivity index (χ0n) is 9.01. The number of fused-ring (bicyclic) bond motifs is 1. The molecule has 4 N–H and O–H groups in total. The highest BCUT2D eigenvalue weighted by molar-refractivity contribution is 5.95. The van der Waals surface area contributed by atoms with Gasteiger partial charge in [0.1, 0.15) is 17.8 Å². The maximum absolute atomic E-state index is 10.9. The van der Waals surface area contributed by atoms with Crippen LogP contribution in [0, 0.1) is 0 Å². The molecule has 0 radical (unpaired) electrons. The molecule has 0 saturated heterocycles. The van der Waals surface area contributed by atoms with Crippen LogP contribution in [0.3, 0.4) is 0 Å². The Hall–Kier alpha value is -2.90. The van der Waals surface area contributed by atoms with Crippen molar-refractivity contribution in [3.05, 3.63) is 30.5 Å². The molecule has 0 aliphatic carbocycles. The van der Waals surface area contributed by atoms with Gasteiger partial charge in [0.25, 0.3) is 0 Å². The number of carboxylic acids is 1. The van der Waals surface area contributed by atoms with E-state index < -0.39 is 5.97 Å². The maximum atomic E-state index is 10.9. The van der Waals surface area contributed by atoms with Crippen LogP contribution in [-0.2, 0) is 0 Å². The average Bonchev–Trinajstić information content (AvgIpc) is 2.96. The number of nitrogens with one attached hydrogen (secondary N) is 3. The third kappa shape index (κ3) is 1.56. The normalized spacial score (nSPS) is 10.7. The van der Waals surface area contributed by atoms with Gasteiger partial charge in [-0.15, -0.1) is 0 Å². The van der Waals surface area contributed by atoms with Crippen molar-refractivity contribution >= 4 is 28.5 Å². The molecule has 0 saturated carbocycles. The van der Waals surface area contributed by atoms with E-state index in [0.717, 1.165) is 5.39 Å². The van der Waals surface area contributed by atoms with Crippen LogP contribution in [0.4, 0.5) is 11.5 Å². The number of H-pyrrole nitrogens is 2. The molecule has 3 aromatic rings. The summed E-state index contributed by atoms with van der Waals surface area (Å²) in [6.45, 7) is 0. The summed E-state index contributed by atoms with van der Waals surface area (Å²) in [6, 6.07) is 1.80. The number of rotatable bonds is 3. The second kappa shape index (κ2) is 3.84. The lowest BCUT2D eigenvalue weighted by atomic mass is 10.3. The van der Waals surface area contributed by atoms with Crippen molar-refractivity contribution < 1.29 is 9.90 Å². The Balaban J connectivity index is 2.04. The molecule has 3 aromatic heterocycles. The molecule has 3 rings (SSSR count). The Bertz CT molecular complexity index is 716. The van der Waals surface area contributed by atoms with Crippen LogP contribution in [0.5, 0.6) is 0 Å². The molecule has 8 heteroatoms. The molecular weight excluding hydrogens is 236 g/mol. The van der Waals surface area contributed by atoms with Crippen molar-refractivity contribution in [1.29, 1.82) is 0 Å². The summed E-state index contributed by atoms with van der Waals surface area (Å²) in [6.07, 6.45) is 4.52. The highest BCUT2D eigenvalue weighted by atomic mass is 16.4. The molecule has 0 amide bonds. The van der Waals surface area contributed by atoms with Crippen LogP contribution in [0.2, 0.25) is 0 Å². The molecule has 0 aliphatic rings. The zero-order valence-corrected chi connectivity index (χ0v) is 9.01. The molecule has 0 fully saturated rings. The van der Waals surface area contributed by atoms with E-state index in [1.165, 1.54) is 12.5 Å². The number of anilines is 2. The minimum atomic E-state index is -1.09. The Morgan fingerprint density at radius 1 is 1.39 bits per heavy atom. The number of aromatic nitrogens is 5. The Morgan fingerprint density at radius 3 is 3.11 bits per heavy atom. The lowest BCUT2D eigenvalue weighted by molar-refractivity contribution is 0.0691. The quantitative estimate of drug-likeness (QED) is 0.548. The molecule has 0 aliphatic heterocycles. The summed E-state index contributed by atoms with van der Waals surface area (Å²) >= 11 is 0. The SMILES string of the molecule is O=C(O)c1[nH]ncc1Nc1ncnc2[nH]ccc12. The summed E-state index contributed by atoms with van der Waals surface area (Å²) in [5.74, 6) is -0.570. The number of aromatic amines is 2. The van der Waals surface area contributed by atoms with E-state index in [-0.39, 0.29) is 5.69 Å². The van der Waals surface area contributed by atoms with Crippen LogP contribution < -0.4 is 5.32 Å². The third-order valence-electron chi connectivity index (χ3n) is 2.46. The molecule has 0 bridgehead atoms. The van der Waals surface area contributed by atoms with E-state index in [4.69, 9.17) is 5.11 Å². The molecule has 0 unspecified atom stereocenters. The van der Waals surface area contributed by atoms with Crippen LogP contribution >= 0.6 is 0 Å². The number of aromatic carboxylic acids is 1. The lowest BCUT2D eigenvalue weighted by Gasteiger charge is -2.04.